The van der Waals surface area contributed by atoms with E-state index in [0.29, 0.717) is 25.1 Å². The molecule has 0 saturated carbocycles. The van der Waals surface area contributed by atoms with Crippen molar-refractivity contribution < 1.29 is 19.1 Å². The summed E-state index contributed by atoms with van der Waals surface area (Å²) in [6, 6.07) is 7.15. The SMILES string of the molecule is CCO[Si](O)(O)CCCN=Cc1ccccc1O. The smallest absolute Gasteiger partial charge is 0.495 e. The number of hydrogen-bond donors (Lipinski definition) is 3. The molecule has 0 unspecified atom stereocenters. The molecule has 0 heterocycles. The maximum Gasteiger partial charge on any atom is 0.495 e. The average Bonchev–Trinajstić information content (AvgIpc) is 2.31. The van der Waals surface area contributed by atoms with Crippen LogP contribution in [0.25, 0.3) is 0 Å². The molecule has 0 saturated heterocycles. The van der Waals surface area contributed by atoms with Crippen LogP contribution in [0, 0.1) is 0 Å². The second kappa shape index (κ2) is 7.27. The Hall–Kier alpha value is -1.21. The Balaban J connectivity index is 2.32. The average molecular weight is 269 g/mol. The van der Waals surface area contributed by atoms with Crippen LogP contribution >= 0.6 is 0 Å². The van der Waals surface area contributed by atoms with Gasteiger partial charge in [-0.3, -0.25) is 4.99 Å². The Morgan fingerprint density at radius 1 is 1.33 bits per heavy atom. The zero-order chi connectivity index (χ0) is 13.4. The molecule has 0 atom stereocenters. The summed E-state index contributed by atoms with van der Waals surface area (Å²) >= 11 is 0. The van der Waals surface area contributed by atoms with Crippen LogP contribution in [0.1, 0.15) is 18.9 Å². The van der Waals surface area contributed by atoms with E-state index in [-0.39, 0.29) is 11.8 Å². The Labute approximate surface area is 108 Å². The van der Waals surface area contributed by atoms with Crippen LogP contribution < -0.4 is 0 Å². The van der Waals surface area contributed by atoms with Gasteiger partial charge >= 0.3 is 8.80 Å². The van der Waals surface area contributed by atoms with Crippen molar-refractivity contribution in [3.05, 3.63) is 29.8 Å². The minimum Gasteiger partial charge on any atom is -0.507 e. The number of para-hydroxylation sites is 1. The number of rotatable bonds is 7. The minimum absolute atomic E-state index is 0.184. The molecular weight excluding hydrogens is 250 g/mol. The van der Waals surface area contributed by atoms with Gasteiger partial charge < -0.3 is 19.1 Å². The zero-order valence-corrected chi connectivity index (χ0v) is 11.4. The molecule has 0 bridgehead atoms. The first-order valence-corrected chi connectivity index (χ1v) is 7.92. The van der Waals surface area contributed by atoms with E-state index < -0.39 is 8.80 Å². The molecular formula is C12H19NO4Si. The normalized spacial score (nSPS) is 12.2. The first-order chi connectivity index (χ1) is 8.55. The van der Waals surface area contributed by atoms with Crippen molar-refractivity contribution in [3.8, 4) is 5.75 Å². The number of phenolic OH excluding ortho intramolecular Hbond substituents is 1. The lowest BCUT2D eigenvalue weighted by atomic mass is 10.2. The maximum atomic E-state index is 9.48. The fourth-order valence-corrected chi connectivity index (χ4v) is 2.69. The van der Waals surface area contributed by atoms with Gasteiger partial charge in [-0.1, -0.05) is 12.1 Å². The van der Waals surface area contributed by atoms with Crippen molar-refractivity contribution in [1.29, 1.82) is 0 Å². The number of nitrogens with zero attached hydrogens (tertiary/aromatic N) is 1. The molecule has 0 aromatic heterocycles. The highest BCUT2D eigenvalue weighted by atomic mass is 28.4. The predicted molar refractivity (Wildman–Crippen MR) is 71.8 cm³/mol. The van der Waals surface area contributed by atoms with E-state index in [1.54, 1.807) is 31.3 Å². The lowest BCUT2D eigenvalue weighted by Crippen LogP contribution is -2.38. The number of benzene rings is 1. The van der Waals surface area contributed by atoms with Crippen LogP contribution in [0.3, 0.4) is 0 Å². The van der Waals surface area contributed by atoms with Crippen LogP contribution in [0.5, 0.6) is 5.75 Å². The lowest BCUT2D eigenvalue weighted by Gasteiger charge is -2.15. The quantitative estimate of drug-likeness (QED) is 0.394. The molecule has 1 aromatic rings. The van der Waals surface area contributed by atoms with E-state index in [9.17, 15) is 14.7 Å². The van der Waals surface area contributed by atoms with Gasteiger partial charge in [0.2, 0.25) is 0 Å². The molecule has 5 nitrogen and oxygen atoms in total. The van der Waals surface area contributed by atoms with E-state index in [4.69, 9.17) is 4.43 Å². The van der Waals surface area contributed by atoms with Crippen LogP contribution in [0.2, 0.25) is 6.04 Å². The third-order valence-electron chi connectivity index (χ3n) is 2.33. The van der Waals surface area contributed by atoms with Crippen molar-refractivity contribution >= 4 is 15.0 Å². The molecule has 3 N–H and O–H groups in total. The molecule has 0 fully saturated rings. The second-order valence-electron chi connectivity index (χ2n) is 3.87. The molecule has 6 heteroatoms. The number of hydrogen-bond acceptors (Lipinski definition) is 5. The number of phenols is 1. The Kier molecular flexibility index (Phi) is 6.00. The molecule has 0 aliphatic rings. The van der Waals surface area contributed by atoms with Gasteiger partial charge in [0, 0.05) is 31.0 Å². The highest BCUT2D eigenvalue weighted by molar-refractivity contribution is 6.57. The van der Waals surface area contributed by atoms with E-state index >= 15 is 0 Å². The van der Waals surface area contributed by atoms with Crippen molar-refractivity contribution in [2.45, 2.75) is 19.4 Å². The topological polar surface area (TPSA) is 82.3 Å². The second-order valence-corrected chi connectivity index (χ2v) is 6.15. The summed E-state index contributed by atoms with van der Waals surface area (Å²) in [7, 11) is -3.47. The van der Waals surface area contributed by atoms with Gasteiger partial charge in [-0.2, -0.15) is 0 Å². The summed E-state index contributed by atoms with van der Waals surface area (Å²) in [6.07, 6.45) is 2.12. The van der Waals surface area contributed by atoms with Crippen molar-refractivity contribution in [2.24, 2.45) is 4.99 Å². The molecule has 0 aliphatic heterocycles. The first-order valence-electron chi connectivity index (χ1n) is 5.91. The standard InChI is InChI=1S/C12H19NO4Si/c1-2-17-18(15,16)9-5-8-13-10-11-6-3-4-7-12(11)14/h3-4,6-7,10,14-16H,2,5,8-9H2,1H3. The Morgan fingerprint density at radius 2 is 2.06 bits per heavy atom. The van der Waals surface area contributed by atoms with Gasteiger partial charge in [0.15, 0.2) is 0 Å². The van der Waals surface area contributed by atoms with Gasteiger partial charge in [0.25, 0.3) is 0 Å². The predicted octanol–water partition coefficient (Wildman–Crippen LogP) is 1.16. The summed E-state index contributed by atoms with van der Waals surface area (Å²) in [6.45, 7) is 2.50. The molecule has 18 heavy (non-hydrogen) atoms. The van der Waals surface area contributed by atoms with Crippen LogP contribution in [-0.4, -0.2) is 42.9 Å². The van der Waals surface area contributed by atoms with Crippen molar-refractivity contribution in [1.82, 2.24) is 0 Å². The summed E-state index contributed by atoms with van der Waals surface area (Å²) in [4.78, 5) is 23.0. The minimum atomic E-state index is -3.47. The Bertz CT molecular complexity index is 395. The zero-order valence-electron chi connectivity index (χ0n) is 10.4. The van der Waals surface area contributed by atoms with Gasteiger partial charge in [-0.25, -0.2) is 0 Å². The summed E-state index contributed by atoms with van der Waals surface area (Å²) < 4.78 is 4.87. The fraction of sp³-hybridized carbons (Fsp3) is 0.417. The molecule has 0 aliphatic carbocycles. The number of aromatic hydroxyl groups is 1. The third-order valence-corrected chi connectivity index (χ3v) is 4.09. The van der Waals surface area contributed by atoms with Crippen molar-refractivity contribution in [3.63, 3.8) is 0 Å². The third kappa shape index (κ3) is 5.41. The van der Waals surface area contributed by atoms with Gasteiger partial charge in [0.1, 0.15) is 5.75 Å². The van der Waals surface area contributed by atoms with E-state index in [0.717, 1.165) is 0 Å². The molecule has 1 rings (SSSR count). The van der Waals surface area contributed by atoms with E-state index in [1.165, 1.54) is 0 Å². The first kappa shape index (κ1) is 14.8. The maximum absolute atomic E-state index is 9.48. The molecule has 1 aromatic carbocycles. The van der Waals surface area contributed by atoms with Crippen LogP contribution in [0.4, 0.5) is 0 Å². The number of aliphatic imine (C=N–C) groups is 1. The monoisotopic (exact) mass is 269 g/mol. The van der Waals surface area contributed by atoms with Crippen LogP contribution in [0.15, 0.2) is 29.3 Å². The van der Waals surface area contributed by atoms with Crippen molar-refractivity contribution in [2.75, 3.05) is 13.2 Å². The van der Waals surface area contributed by atoms with E-state index in [1.807, 2.05) is 6.07 Å². The molecule has 0 spiro atoms. The highest BCUT2D eigenvalue weighted by Gasteiger charge is 2.30. The van der Waals surface area contributed by atoms with Gasteiger partial charge in [-0.05, 0) is 25.5 Å². The molecule has 100 valence electrons. The molecule has 0 amide bonds. The summed E-state index contributed by atoms with van der Waals surface area (Å²) in [5, 5.41) is 9.48. The van der Waals surface area contributed by atoms with E-state index in [2.05, 4.69) is 4.99 Å². The summed E-state index contributed by atoms with van der Waals surface area (Å²) in [5.74, 6) is 0.184. The molecule has 0 radical (unpaired) electrons. The fourth-order valence-electron chi connectivity index (χ4n) is 1.46. The lowest BCUT2D eigenvalue weighted by molar-refractivity contribution is 0.155. The Morgan fingerprint density at radius 3 is 2.72 bits per heavy atom. The summed E-state index contributed by atoms with van der Waals surface area (Å²) in [5.41, 5.74) is 0.652. The van der Waals surface area contributed by atoms with Crippen LogP contribution in [-0.2, 0) is 4.43 Å². The highest BCUT2D eigenvalue weighted by Crippen LogP contribution is 2.13. The van der Waals surface area contributed by atoms with Gasteiger partial charge in [-0.15, -0.1) is 0 Å². The largest absolute Gasteiger partial charge is 0.507 e. The van der Waals surface area contributed by atoms with Gasteiger partial charge in [0.05, 0.1) is 0 Å².